The number of para-hydroxylation sites is 2. The van der Waals surface area contributed by atoms with Gasteiger partial charge in [0.1, 0.15) is 6.04 Å². The SMILES string of the molecule is O=C(O)C1CCN1c1nc2ccccc2n(C2CC3COCC(C2)N3C2CC3CCCC(C3)C2)c1=O. The molecule has 1 aromatic carbocycles. The van der Waals surface area contributed by atoms with Gasteiger partial charge in [0, 0.05) is 30.7 Å². The first kappa shape index (κ1) is 22.7. The number of ether oxygens (including phenoxy) is 1. The number of carboxylic acids is 1. The van der Waals surface area contributed by atoms with Crippen LogP contribution in [0.25, 0.3) is 11.0 Å². The van der Waals surface area contributed by atoms with E-state index in [0.717, 1.165) is 48.9 Å². The topological polar surface area (TPSA) is 87.9 Å². The Morgan fingerprint density at radius 2 is 1.64 bits per heavy atom. The smallest absolute Gasteiger partial charge is 0.326 e. The van der Waals surface area contributed by atoms with Crippen LogP contribution in [0, 0.1) is 11.8 Å². The number of hydrogen-bond donors (Lipinski definition) is 1. The predicted octanol–water partition coefficient (Wildman–Crippen LogP) is 3.43. The van der Waals surface area contributed by atoms with Gasteiger partial charge in [-0.2, -0.15) is 0 Å². The molecule has 0 amide bonds. The molecule has 2 aromatic rings. The molecule has 4 bridgehead atoms. The van der Waals surface area contributed by atoms with E-state index in [1.807, 2.05) is 28.8 Å². The van der Waals surface area contributed by atoms with Gasteiger partial charge in [0.05, 0.1) is 24.2 Å². The van der Waals surface area contributed by atoms with Crippen molar-refractivity contribution < 1.29 is 14.6 Å². The van der Waals surface area contributed by atoms with Crippen molar-refractivity contribution in [2.24, 2.45) is 11.8 Å². The zero-order valence-corrected chi connectivity index (χ0v) is 20.8. The summed E-state index contributed by atoms with van der Waals surface area (Å²) >= 11 is 0. The second-order valence-electron chi connectivity index (χ2n) is 11.9. The van der Waals surface area contributed by atoms with Crippen LogP contribution in [0.2, 0.25) is 0 Å². The van der Waals surface area contributed by atoms with E-state index in [9.17, 15) is 14.7 Å². The molecule has 0 spiro atoms. The Hall–Kier alpha value is -2.45. The standard InChI is InChI=1S/C28H36N4O4/c33-27-26(30-9-8-25(30)28(34)35)29-23-6-1-2-7-24(23)32(27)20-13-21-15-36-16-22(14-20)31(21)19-11-17-4-3-5-18(10-17)12-19/h1-2,6-7,17-22,25H,3-5,8-16H2,(H,34,35). The Balaban J connectivity index is 1.23. The lowest BCUT2D eigenvalue weighted by Gasteiger charge is -2.55. The van der Waals surface area contributed by atoms with Crippen LogP contribution in [0.4, 0.5) is 5.82 Å². The molecule has 1 aromatic heterocycles. The van der Waals surface area contributed by atoms with E-state index in [1.165, 1.54) is 38.5 Å². The molecule has 5 unspecified atom stereocenters. The lowest BCUT2D eigenvalue weighted by atomic mass is 9.69. The normalized spacial score (nSPS) is 36.4. The summed E-state index contributed by atoms with van der Waals surface area (Å²) in [7, 11) is 0. The van der Waals surface area contributed by atoms with E-state index < -0.39 is 12.0 Å². The summed E-state index contributed by atoms with van der Waals surface area (Å²) in [6, 6.07) is 8.50. The van der Waals surface area contributed by atoms with Crippen LogP contribution in [0.15, 0.2) is 29.1 Å². The minimum absolute atomic E-state index is 0.0620. The van der Waals surface area contributed by atoms with Gasteiger partial charge in [-0.05, 0) is 62.5 Å². The van der Waals surface area contributed by atoms with Crippen molar-refractivity contribution in [3.63, 3.8) is 0 Å². The summed E-state index contributed by atoms with van der Waals surface area (Å²) in [4.78, 5) is 34.8. The zero-order valence-electron chi connectivity index (χ0n) is 20.8. The van der Waals surface area contributed by atoms with E-state index in [0.29, 0.717) is 31.1 Å². The Labute approximate surface area is 211 Å². The third kappa shape index (κ3) is 3.67. The number of benzene rings is 1. The third-order valence-electron chi connectivity index (χ3n) is 9.80. The Morgan fingerprint density at radius 1 is 0.917 bits per heavy atom. The van der Waals surface area contributed by atoms with Crippen LogP contribution < -0.4 is 10.5 Å². The van der Waals surface area contributed by atoms with Gasteiger partial charge in [0.25, 0.3) is 5.56 Å². The zero-order chi connectivity index (χ0) is 24.4. The number of nitrogens with zero attached hydrogens (tertiary/aromatic N) is 4. The molecule has 8 nitrogen and oxygen atoms in total. The summed E-state index contributed by atoms with van der Waals surface area (Å²) in [5, 5.41) is 9.61. The second kappa shape index (κ2) is 8.84. The number of hydrogen-bond acceptors (Lipinski definition) is 6. The molecule has 8 heteroatoms. The first-order chi connectivity index (χ1) is 17.6. The number of piperidine rings is 1. The van der Waals surface area contributed by atoms with Crippen molar-refractivity contribution in [3.05, 3.63) is 34.6 Å². The molecule has 5 aliphatic rings. The number of anilines is 1. The highest BCUT2D eigenvalue weighted by Gasteiger charge is 2.46. The number of carboxylic acid groups (broad SMARTS) is 1. The van der Waals surface area contributed by atoms with Crippen LogP contribution in [0.3, 0.4) is 0 Å². The van der Waals surface area contributed by atoms with Gasteiger partial charge in [-0.25, -0.2) is 9.78 Å². The molecule has 36 heavy (non-hydrogen) atoms. The molecule has 3 saturated heterocycles. The fraction of sp³-hybridized carbons (Fsp3) is 0.679. The van der Waals surface area contributed by atoms with Crippen molar-refractivity contribution >= 4 is 22.8 Å². The van der Waals surface area contributed by atoms with E-state index in [4.69, 9.17) is 4.74 Å². The lowest BCUT2D eigenvalue weighted by Crippen LogP contribution is -2.62. The number of aromatic nitrogens is 2. The van der Waals surface area contributed by atoms with Crippen LogP contribution >= 0.6 is 0 Å². The van der Waals surface area contributed by atoms with Crippen molar-refractivity contribution in [3.8, 4) is 0 Å². The van der Waals surface area contributed by atoms with Gasteiger partial charge in [0.2, 0.25) is 0 Å². The van der Waals surface area contributed by atoms with Crippen molar-refractivity contribution in [1.29, 1.82) is 0 Å². The highest BCUT2D eigenvalue weighted by molar-refractivity contribution is 5.81. The lowest BCUT2D eigenvalue weighted by molar-refractivity contribution is -0.140. The molecule has 1 N–H and O–H groups in total. The van der Waals surface area contributed by atoms with Crippen LogP contribution in [-0.2, 0) is 9.53 Å². The van der Waals surface area contributed by atoms with Gasteiger partial charge in [-0.15, -0.1) is 0 Å². The van der Waals surface area contributed by atoms with Crippen molar-refractivity contribution in [1.82, 2.24) is 14.5 Å². The summed E-state index contributed by atoms with van der Waals surface area (Å²) in [5.74, 6) is 1.17. The fourth-order valence-corrected chi connectivity index (χ4v) is 8.25. The Bertz CT molecular complexity index is 1200. The van der Waals surface area contributed by atoms with Gasteiger partial charge in [0.15, 0.2) is 5.82 Å². The molecule has 0 radical (unpaired) electrons. The largest absolute Gasteiger partial charge is 0.480 e. The second-order valence-corrected chi connectivity index (χ2v) is 11.9. The average Bonchev–Trinajstić information content (AvgIpc) is 2.82. The molecule has 5 fully saturated rings. The first-order valence-corrected chi connectivity index (χ1v) is 13.9. The molecule has 192 valence electrons. The minimum Gasteiger partial charge on any atom is -0.480 e. The summed E-state index contributed by atoms with van der Waals surface area (Å²) < 4.78 is 8.02. The highest BCUT2D eigenvalue weighted by atomic mass is 16.5. The molecular weight excluding hydrogens is 456 g/mol. The maximum atomic E-state index is 13.9. The molecule has 2 aliphatic carbocycles. The van der Waals surface area contributed by atoms with Crippen molar-refractivity contribution in [2.75, 3.05) is 24.7 Å². The third-order valence-corrected chi connectivity index (χ3v) is 9.80. The number of fused-ring (bicyclic) bond motifs is 5. The number of aliphatic carboxylic acids is 1. The van der Waals surface area contributed by atoms with Gasteiger partial charge < -0.3 is 19.3 Å². The van der Waals surface area contributed by atoms with E-state index >= 15 is 0 Å². The maximum Gasteiger partial charge on any atom is 0.326 e. The molecule has 4 heterocycles. The summed E-state index contributed by atoms with van der Waals surface area (Å²) in [6.07, 6.45) is 10.6. The average molecular weight is 493 g/mol. The number of carbonyl (C=O) groups is 1. The van der Waals surface area contributed by atoms with Crippen LogP contribution in [0.1, 0.15) is 63.8 Å². The monoisotopic (exact) mass is 492 g/mol. The van der Waals surface area contributed by atoms with Gasteiger partial charge in [-0.3, -0.25) is 9.69 Å². The van der Waals surface area contributed by atoms with E-state index in [2.05, 4.69) is 9.88 Å². The molecule has 2 saturated carbocycles. The van der Waals surface area contributed by atoms with Gasteiger partial charge >= 0.3 is 5.97 Å². The molecular formula is C28H36N4O4. The minimum atomic E-state index is -0.889. The molecule has 3 aliphatic heterocycles. The maximum absolute atomic E-state index is 13.9. The number of morpholine rings is 1. The highest BCUT2D eigenvalue weighted by Crippen LogP contribution is 2.45. The molecule has 7 rings (SSSR count). The van der Waals surface area contributed by atoms with E-state index in [1.54, 1.807) is 4.90 Å². The van der Waals surface area contributed by atoms with Crippen LogP contribution in [0.5, 0.6) is 0 Å². The first-order valence-electron chi connectivity index (χ1n) is 13.9. The predicted molar refractivity (Wildman–Crippen MR) is 136 cm³/mol. The quantitative estimate of drug-likeness (QED) is 0.700. The van der Waals surface area contributed by atoms with Gasteiger partial charge in [-0.1, -0.05) is 31.4 Å². The summed E-state index contributed by atoms with van der Waals surface area (Å²) in [5.41, 5.74) is 1.46. The van der Waals surface area contributed by atoms with Crippen LogP contribution in [-0.4, -0.2) is 69.5 Å². The fourth-order valence-electron chi connectivity index (χ4n) is 8.25. The van der Waals surface area contributed by atoms with Crippen molar-refractivity contribution in [2.45, 2.75) is 88.0 Å². The van der Waals surface area contributed by atoms with E-state index in [-0.39, 0.29) is 17.4 Å². The Morgan fingerprint density at radius 3 is 2.31 bits per heavy atom. The Kier molecular flexibility index (Phi) is 5.58. The number of rotatable bonds is 4. The summed E-state index contributed by atoms with van der Waals surface area (Å²) in [6.45, 7) is 2.02. The molecule has 5 atom stereocenters.